The fraction of sp³-hybridized carbons (Fsp3) is 0.429. The number of imide groups is 1. The van der Waals surface area contributed by atoms with E-state index in [2.05, 4.69) is 27.8 Å². The molecule has 0 unspecified atom stereocenters. The summed E-state index contributed by atoms with van der Waals surface area (Å²) in [7, 11) is 0. The molecule has 1 saturated carbocycles. The van der Waals surface area contributed by atoms with Crippen molar-refractivity contribution in [3.8, 4) is 5.75 Å². The van der Waals surface area contributed by atoms with Gasteiger partial charge in [-0.15, -0.1) is 0 Å². The number of hydrogen-bond acceptors (Lipinski definition) is 6. The first-order chi connectivity index (χ1) is 14.5. The number of nitrogens with one attached hydrogen (secondary N) is 2. The lowest BCUT2D eigenvalue weighted by atomic mass is 9.85. The van der Waals surface area contributed by atoms with Gasteiger partial charge in [0.05, 0.1) is 28.7 Å². The van der Waals surface area contributed by atoms with Crippen molar-refractivity contribution in [2.75, 3.05) is 25.0 Å². The van der Waals surface area contributed by atoms with Crippen molar-refractivity contribution >= 4 is 44.5 Å². The minimum Gasteiger partial charge on any atom is -0.494 e. The molecule has 3 aliphatic rings. The molecule has 156 valence electrons. The number of nitrogens with zero attached hydrogens (tertiary/aromatic N) is 2. The van der Waals surface area contributed by atoms with Crippen molar-refractivity contribution in [3.63, 3.8) is 0 Å². The summed E-state index contributed by atoms with van der Waals surface area (Å²) in [5.74, 6) is 0.525. The van der Waals surface area contributed by atoms with Gasteiger partial charge in [-0.25, -0.2) is 9.78 Å². The SMILES string of the molecule is CCOc1ccc2sc(NC(=O)NCCN3C(=O)[C@@H]4[C@H](C3=O)[C@H]3C=C[C@H]4C3)nc2c1. The Bertz CT molecular complexity index is 1030. The zero-order valence-corrected chi connectivity index (χ0v) is 17.3. The van der Waals surface area contributed by atoms with Gasteiger partial charge in [-0.2, -0.15) is 0 Å². The molecule has 0 radical (unpaired) electrons. The Labute approximate surface area is 177 Å². The highest BCUT2D eigenvalue weighted by Gasteiger charge is 2.58. The molecule has 30 heavy (non-hydrogen) atoms. The first-order valence-electron chi connectivity index (χ1n) is 10.2. The maximum atomic E-state index is 12.7. The lowest BCUT2D eigenvalue weighted by Crippen LogP contribution is -2.40. The molecule has 9 heteroatoms. The zero-order chi connectivity index (χ0) is 20.8. The normalized spacial score (nSPS) is 26.5. The van der Waals surface area contributed by atoms with Crippen LogP contribution in [0.25, 0.3) is 10.2 Å². The molecule has 0 spiro atoms. The fourth-order valence-corrected chi connectivity index (χ4v) is 5.67. The number of rotatable bonds is 6. The molecule has 4 amide bonds. The number of carbonyl (C=O) groups is 3. The molecule has 2 aromatic rings. The number of allylic oxidation sites excluding steroid dienone is 2. The van der Waals surface area contributed by atoms with Crippen molar-refractivity contribution in [2.24, 2.45) is 23.7 Å². The smallest absolute Gasteiger partial charge is 0.321 e. The van der Waals surface area contributed by atoms with Crippen LogP contribution in [0.1, 0.15) is 13.3 Å². The zero-order valence-electron chi connectivity index (χ0n) is 16.5. The van der Waals surface area contributed by atoms with Crippen molar-refractivity contribution in [2.45, 2.75) is 13.3 Å². The molecule has 1 aromatic heterocycles. The summed E-state index contributed by atoms with van der Waals surface area (Å²) in [6.07, 6.45) is 5.05. The minimum absolute atomic E-state index is 0.0969. The summed E-state index contributed by atoms with van der Waals surface area (Å²) >= 11 is 1.37. The average Bonchev–Trinajstić information content (AvgIpc) is 3.47. The first-order valence-corrected chi connectivity index (χ1v) is 11.0. The van der Waals surface area contributed by atoms with Gasteiger partial charge in [0, 0.05) is 19.2 Å². The van der Waals surface area contributed by atoms with Crippen LogP contribution in [-0.2, 0) is 9.59 Å². The predicted molar refractivity (Wildman–Crippen MR) is 112 cm³/mol. The summed E-state index contributed by atoms with van der Waals surface area (Å²) in [5.41, 5.74) is 0.754. The highest BCUT2D eigenvalue weighted by molar-refractivity contribution is 7.22. The summed E-state index contributed by atoms with van der Waals surface area (Å²) in [4.78, 5) is 43.3. The Hall–Kier alpha value is -2.94. The van der Waals surface area contributed by atoms with Crippen LogP contribution in [0.2, 0.25) is 0 Å². The van der Waals surface area contributed by atoms with Crippen LogP contribution in [0.5, 0.6) is 5.75 Å². The number of urea groups is 1. The van der Waals surface area contributed by atoms with E-state index in [4.69, 9.17) is 4.74 Å². The number of amides is 4. The number of carbonyl (C=O) groups excluding carboxylic acids is 3. The second-order valence-electron chi connectivity index (χ2n) is 7.79. The molecule has 2 N–H and O–H groups in total. The molecule has 2 bridgehead atoms. The van der Waals surface area contributed by atoms with Gasteiger partial charge in [-0.1, -0.05) is 23.5 Å². The number of fused-ring (bicyclic) bond motifs is 6. The summed E-state index contributed by atoms with van der Waals surface area (Å²) in [5, 5.41) is 5.90. The Balaban J connectivity index is 1.15. The van der Waals surface area contributed by atoms with Crippen LogP contribution in [0, 0.1) is 23.7 Å². The first kappa shape index (κ1) is 19.0. The second kappa shape index (κ2) is 7.39. The van der Waals surface area contributed by atoms with Gasteiger partial charge in [0.2, 0.25) is 11.8 Å². The van der Waals surface area contributed by atoms with E-state index >= 15 is 0 Å². The Kier molecular flexibility index (Phi) is 4.69. The molecule has 2 aliphatic carbocycles. The highest BCUT2D eigenvalue weighted by atomic mass is 32.1. The lowest BCUT2D eigenvalue weighted by Gasteiger charge is -2.17. The van der Waals surface area contributed by atoms with E-state index in [9.17, 15) is 14.4 Å². The van der Waals surface area contributed by atoms with Gasteiger partial charge in [0.15, 0.2) is 5.13 Å². The van der Waals surface area contributed by atoms with Gasteiger partial charge >= 0.3 is 6.03 Å². The summed E-state index contributed by atoms with van der Waals surface area (Å²) < 4.78 is 6.41. The van der Waals surface area contributed by atoms with Gasteiger partial charge in [-0.3, -0.25) is 19.8 Å². The van der Waals surface area contributed by atoms with E-state index in [1.54, 1.807) is 0 Å². The number of likely N-dealkylation sites (tertiary alicyclic amines) is 1. The van der Waals surface area contributed by atoms with Gasteiger partial charge in [0.25, 0.3) is 0 Å². The molecule has 2 fully saturated rings. The highest BCUT2D eigenvalue weighted by Crippen LogP contribution is 2.52. The molecular formula is C21H22N4O4S. The summed E-state index contributed by atoms with van der Waals surface area (Å²) in [6, 6.07) is 5.20. The van der Waals surface area contributed by atoms with Gasteiger partial charge < -0.3 is 10.1 Å². The van der Waals surface area contributed by atoms with Crippen LogP contribution in [-0.4, -0.2) is 47.4 Å². The number of ether oxygens (including phenoxy) is 1. The largest absolute Gasteiger partial charge is 0.494 e. The molecular weight excluding hydrogens is 404 g/mol. The van der Waals surface area contributed by atoms with Crippen LogP contribution in [0.3, 0.4) is 0 Å². The average molecular weight is 426 g/mol. The Morgan fingerprint density at radius 3 is 2.67 bits per heavy atom. The standard InChI is InChI=1S/C21H22N4O4S/c1-2-29-13-5-6-15-14(10-13)23-21(30-15)24-20(28)22-7-8-25-18(26)16-11-3-4-12(9-11)17(16)19(25)27/h3-6,10-12,16-17H,2,7-9H2,1H3,(H2,22,23,24,28)/t11-,12-,16-,17+/m0/s1. The maximum absolute atomic E-state index is 12.7. The number of anilines is 1. The van der Waals surface area contributed by atoms with Gasteiger partial charge in [0.1, 0.15) is 5.75 Å². The third kappa shape index (κ3) is 3.13. The van der Waals surface area contributed by atoms with Crippen molar-refractivity contribution < 1.29 is 19.1 Å². The molecule has 4 atom stereocenters. The third-order valence-electron chi connectivity index (χ3n) is 6.07. The van der Waals surface area contributed by atoms with E-state index < -0.39 is 6.03 Å². The van der Waals surface area contributed by atoms with Crippen molar-refractivity contribution in [3.05, 3.63) is 30.4 Å². The number of hydrogen-bond donors (Lipinski definition) is 2. The van der Waals surface area contributed by atoms with E-state index in [1.165, 1.54) is 16.2 Å². The summed E-state index contributed by atoms with van der Waals surface area (Å²) in [6.45, 7) is 2.88. The molecule has 1 aliphatic heterocycles. The second-order valence-corrected chi connectivity index (χ2v) is 8.82. The number of aromatic nitrogens is 1. The van der Waals surface area contributed by atoms with Crippen molar-refractivity contribution in [1.82, 2.24) is 15.2 Å². The topological polar surface area (TPSA) is 101 Å². The lowest BCUT2D eigenvalue weighted by molar-refractivity contribution is -0.140. The third-order valence-corrected chi connectivity index (χ3v) is 7.02. The van der Waals surface area contributed by atoms with Gasteiger partial charge in [-0.05, 0) is 37.3 Å². The van der Waals surface area contributed by atoms with E-state index in [1.807, 2.05) is 25.1 Å². The van der Waals surface area contributed by atoms with E-state index in [-0.39, 0.29) is 48.6 Å². The van der Waals surface area contributed by atoms with Crippen LogP contribution < -0.4 is 15.4 Å². The number of benzene rings is 1. The molecule has 2 heterocycles. The molecule has 5 rings (SSSR count). The quantitative estimate of drug-likeness (QED) is 0.546. The fourth-order valence-electron chi connectivity index (χ4n) is 4.82. The number of thiazole rings is 1. The Morgan fingerprint density at radius 1 is 1.23 bits per heavy atom. The minimum atomic E-state index is -0.417. The monoisotopic (exact) mass is 426 g/mol. The maximum Gasteiger partial charge on any atom is 0.321 e. The van der Waals surface area contributed by atoms with E-state index in [0.717, 1.165) is 22.4 Å². The van der Waals surface area contributed by atoms with Crippen molar-refractivity contribution in [1.29, 1.82) is 0 Å². The van der Waals surface area contributed by atoms with E-state index in [0.29, 0.717) is 11.7 Å². The molecule has 8 nitrogen and oxygen atoms in total. The molecule has 1 aromatic carbocycles. The predicted octanol–water partition coefficient (Wildman–Crippen LogP) is 2.62. The Morgan fingerprint density at radius 2 is 1.97 bits per heavy atom. The molecule has 1 saturated heterocycles. The van der Waals surface area contributed by atoms with Crippen LogP contribution in [0.4, 0.5) is 9.93 Å². The van der Waals surface area contributed by atoms with Crippen LogP contribution >= 0.6 is 11.3 Å². The van der Waals surface area contributed by atoms with Crippen LogP contribution in [0.15, 0.2) is 30.4 Å².